The Bertz CT molecular complexity index is 2200. The molecular formula is C47H58N2O16. The van der Waals surface area contributed by atoms with Crippen molar-refractivity contribution in [1.82, 2.24) is 10.6 Å². The van der Waals surface area contributed by atoms with Gasteiger partial charge in [-0.05, 0) is 49.6 Å². The van der Waals surface area contributed by atoms with Crippen LogP contribution in [0.25, 0.3) is 0 Å². The Labute approximate surface area is 376 Å². The molecule has 5 N–H and O–H groups in total. The molecule has 2 bridgehead atoms. The maximum absolute atomic E-state index is 15.1. The van der Waals surface area contributed by atoms with Gasteiger partial charge in [0.05, 0.1) is 36.2 Å². The number of ketones is 1. The van der Waals surface area contributed by atoms with Crippen LogP contribution < -0.4 is 10.6 Å². The Kier molecular flexibility index (Phi) is 14.4. The normalized spacial score (nSPS) is 30.9. The molecule has 1 heterocycles. The fourth-order valence-electron chi connectivity index (χ4n) is 10.2. The molecule has 3 aliphatic carbocycles. The van der Waals surface area contributed by atoms with Crippen LogP contribution in [0.3, 0.4) is 0 Å². The number of nitrogens with one attached hydrogen (secondary N) is 2. The summed E-state index contributed by atoms with van der Waals surface area (Å²) in [5.41, 5.74) is -7.60. The number of carbonyl (C=O) groups excluding carboxylic acids is 7. The number of hydrogen-bond donors (Lipinski definition) is 5. The lowest BCUT2D eigenvalue weighted by Gasteiger charge is -2.67. The molecule has 18 heteroatoms. The monoisotopic (exact) mass is 906 g/mol. The molecule has 3 unspecified atom stereocenters. The van der Waals surface area contributed by atoms with E-state index < -0.39 is 125 Å². The van der Waals surface area contributed by atoms with E-state index in [2.05, 4.69) is 10.6 Å². The van der Waals surface area contributed by atoms with E-state index in [0.717, 1.165) is 6.92 Å². The molecular weight excluding hydrogens is 849 g/mol. The maximum atomic E-state index is 15.1. The van der Waals surface area contributed by atoms with Gasteiger partial charge in [0.1, 0.15) is 42.6 Å². The summed E-state index contributed by atoms with van der Waals surface area (Å²) in [7, 11) is 0. The average Bonchev–Trinajstić information content (AvgIpc) is 3.25. The second kappa shape index (κ2) is 19.1. The summed E-state index contributed by atoms with van der Waals surface area (Å²) in [5, 5.41) is 42.9. The van der Waals surface area contributed by atoms with Crippen LogP contribution in [-0.4, -0.2) is 131 Å². The van der Waals surface area contributed by atoms with E-state index in [1.807, 2.05) is 0 Å². The molecule has 0 spiro atoms. The first kappa shape index (κ1) is 48.9. The van der Waals surface area contributed by atoms with E-state index >= 15 is 4.79 Å². The molecule has 2 aromatic carbocycles. The van der Waals surface area contributed by atoms with E-state index in [0.29, 0.717) is 12.2 Å². The van der Waals surface area contributed by atoms with Gasteiger partial charge in [0.25, 0.3) is 0 Å². The summed E-state index contributed by atoms with van der Waals surface area (Å²) in [5.74, 6) is -7.75. The van der Waals surface area contributed by atoms with Gasteiger partial charge in [0.15, 0.2) is 11.4 Å². The van der Waals surface area contributed by atoms with Gasteiger partial charge in [-0.2, -0.15) is 0 Å². The molecule has 2 aromatic rings. The Morgan fingerprint density at radius 2 is 1.58 bits per heavy atom. The van der Waals surface area contributed by atoms with E-state index in [-0.39, 0.29) is 42.8 Å². The molecule has 0 radical (unpaired) electrons. The predicted octanol–water partition coefficient (Wildman–Crippen LogP) is 1.96. The summed E-state index contributed by atoms with van der Waals surface area (Å²) in [6.07, 6.45) is -10.9. The van der Waals surface area contributed by atoms with Gasteiger partial charge in [-0.25, -0.2) is 9.59 Å². The lowest BCUT2D eigenvalue weighted by atomic mass is 9.44. The Morgan fingerprint density at radius 3 is 2.17 bits per heavy atom. The standard InChI is InChI=1S/C47H58N2O16/c1-8-60-20-19-33(53)48-23-34(54)63-38(36(49-26(3)50)28-15-11-9-12-16-28)43(58)62-30-22-47(59)41(64-42(57)29-17-13-10-14-18-29)39-45(7,40(56)37(55)35(25(30)2)44(47,5)6)31(52)21-32-46(39,24-61-32)65-27(4)51/h9-18,30-32,36-39,41,52,55,59H,8,19-24H2,1-7H3,(H,48,53)(H,49,50)/t30-,31-,32?,36-,37+,38+,39?,41-,45?,46-,47+/m0/s1. The summed E-state index contributed by atoms with van der Waals surface area (Å²) in [6.45, 7) is 9.43. The number of aliphatic hydroxyl groups excluding tert-OH is 2. The molecule has 1 aliphatic heterocycles. The van der Waals surface area contributed by atoms with Crippen molar-refractivity contribution >= 4 is 41.5 Å². The highest BCUT2D eigenvalue weighted by Crippen LogP contribution is 2.64. The van der Waals surface area contributed by atoms with Crippen LogP contribution in [0.5, 0.6) is 0 Å². The lowest BCUT2D eigenvalue weighted by molar-refractivity contribution is -0.346. The zero-order chi connectivity index (χ0) is 47.6. The number of Topliss-reactive ketones (excluding diaryl/α,β-unsaturated/α-hetero) is 1. The minimum Gasteiger partial charge on any atom is -0.455 e. The average molecular weight is 907 g/mol. The van der Waals surface area contributed by atoms with Crippen molar-refractivity contribution in [3.8, 4) is 0 Å². The number of benzene rings is 2. The van der Waals surface area contributed by atoms with Crippen LogP contribution in [0.2, 0.25) is 0 Å². The van der Waals surface area contributed by atoms with Crippen molar-refractivity contribution in [2.45, 2.75) is 122 Å². The Hall–Kier alpha value is -5.53. The van der Waals surface area contributed by atoms with Gasteiger partial charge in [0.2, 0.25) is 17.9 Å². The molecule has 2 amide bonds. The first-order valence-electron chi connectivity index (χ1n) is 21.6. The topological polar surface area (TPSA) is 260 Å². The number of carbonyl (C=O) groups is 7. The molecule has 0 aromatic heterocycles. The minimum atomic E-state index is -2.43. The number of aliphatic hydroxyl groups is 3. The van der Waals surface area contributed by atoms with Gasteiger partial charge in [-0.3, -0.25) is 24.0 Å². The zero-order valence-electron chi connectivity index (χ0n) is 37.5. The van der Waals surface area contributed by atoms with Crippen LogP contribution >= 0.6 is 0 Å². The minimum absolute atomic E-state index is 0.0501. The fourth-order valence-corrected chi connectivity index (χ4v) is 10.2. The van der Waals surface area contributed by atoms with Crippen molar-refractivity contribution < 1.29 is 77.3 Å². The fraction of sp³-hybridized carbons (Fsp3) is 0.553. The second-order valence-electron chi connectivity index (χ2n) is 17.8. The third-order valence-electron chi connectivity index (χ3n) is 13.6. The summed E-state index contributed by atoms with van der Waals surface area (Å²) in [4.78, 5) is 95.6. The maximum Gasteiger partial charge on any atom is 0.350 e. The van der Waals surface area contributed by atoms with Gasteiger partial charge in [-0.1, -0.05) is 62.4 Å². The highest BCUT2D eigenvalue weighted by atomic mass is 16.6. The molecule has 6 rings (SSSR count). The van der Waals surface area contributed by atoms with Gasteiger partial charge in [0, 0.05) is 45.1 Å². The van der Waals surface area contributed by atoms with Crippen LogP contribution in [-0.2, 0) is 57.2 Å². The molecule has 4 aliphatic rings. The second-order valence-corrected chi connectivity index (χ2v) is 17.8. The Balaban J connectivity index is 1.48. The number of amides is 2. The SMILES string of the molecule is CCOCCC(=O)NCC(=O)O[C@@H](C(=O)O[C@H]1C[C@@]2(O)[C@@H](OC(=O)c3ccccc3)C3C(C)(C(=O)[C@H](O)C(=C1C)C2(C)C)[C@@H](O)CC1OC[C@]13OC(C)=O)[C@@H](NC(C)=O)c1ccccc1. The van der Waals surface area contributed by atoms with Crippen LogP contribution in [0.1, 0.15) is 89.7 Å². The molecule has 2 saturated carbocycles. The highest BCUT2D eigenvalue weighted by molar-refractivity contribution is 5.94. The largest absolute Gasteiger partial charge is 0.455 e. The summed E-state index contributed by atoms with van der Waals surface area (Å²) in [6, 6.07) is 14.5. The van der Waals surface area contributed by atoms with Crippen molar-refractivity contribution in [2.75, 3.05) is 26.4 Å². The molecule has 11 atom stereocenters. The van der Waals surface area contributed by atoms with Gasteiger partial charge < -0.3 is 54.4 Å². The molecule has 3 fully saturated rings. The predicted molar refractivity (Wildman–Crippen MR) is 226 cm³/mol. The van der Waals surface area contributed by atoms with Crippen LogP contribution in [0.4, 0.5) is 0 Å². The van der Waals surface area contributed by atoms with Crippen LogP contribution in [0, 0.1) is 16.7 Å². The quantitative estimate of drug-likeness (QED) is 0.0741. The van der Waals surface area contributed by atoms with Crippen molar-refractivity contribution in [2.24, 2.45) is 16.7 Å². The van der Waals surface area contributed by atoms with Crippen molar-refractivity contribution in [3.63, 3.8) is 0 Å². The third-order valence-corrected chi connectivity index (χ3v) is 13.6. The van der Waals surface area contributed by atoms with Gasteiger partial charge in [-0.15, -0.1) is 0 Å². The first-order chi connectivity index (χ1) is 30.6. The van der Waals surface area contributed by atoms with Crippen LogP contribution in [0.15, 0.2) is 71.8 Å². The van der Waals surface area contributed by atoms with E-state index in [9.17, 15) is 44.1 Å². The highest BCUT2D eigenvalue weighted by Gasteiger charge is 2.78. The summed E-state index contributed by atoms with van der Waals surface area (Å²) >= 11 is 0. The third kappa shape index (κ3) is 9.06. The Morgan fingerprint density at radius 1 is 0.938 bits per heavy atom. The first-order valence-corrected chi connectivity index (χ1v) is 21.6. The number of rotatable bonds is 15. The van der Waals surface area contributed by atoms with Crippen molar-refractivity contribution in [1.29, 1.82) is 0 Å². The lowest BCUT2D eigenvalue weighted by Crippen LogP contribution is -2.81. The number of fused-ring (bicyclic) bond motifs is 5. The molecule has 65 heavy (non-hydrogen) atoms. The van der Waals surface area contributed by atoms with Gasteiger partial charge >= 0.3 is 23.9 Å². The number of esters is 4. The van der Waals surface area contributed by atoms with E-state index in [1.165, 1.54) is 46.8 Å². The van der Waals surface area contributed by atoms with Crippen molar-refractivity contribution in [3.05, 3.63) is 82.9 Å². The smallest absolute Gasteiger partial charge is 0.350 e. The number of ether oxygens (including phenoxy) is 6. The zero-order valence-corrected chi connectivity index (χ0v) is 37.5. The number of hydrogen-bond acceptors (Lipinski definition) is 16. The molecule has 1 saturated heterocycles. The molecule has 18 nitrogen and oxygen atoms in total. The van der Waals surface area contributed by atoms with E-state index in [1.54, 1.807) is 55.5 Å². The summed E-state index contributed by atoms with van der Waals surface area (Å²) < 4.78 is 35.3. The van der Waals surface area contributed by atoms with E-state index in [4.69, 9.17) is 28.4 Å². The molecule has 352 valence electrons.